The standard InChI is InChI=1S/C21H23N3O4S/c1-2-20(25)23-13-16-5-7-18(8-6-16)21(26)24(14-17-4-3-10-22-12-17)19-9-11-29(27,28)15-19/h2-8,10,12,19H,1,9,11,13-15H2,(H,23,25). The normalized spacial score (nSPS) is 17.4. The molecule has 0 radical (unpaired) electrons. The number of rotatable bonds is 7. The summed E-state index contributed by atoms with van der Waals surface area (Å²) in [5, 5.41) is 2.68. The van der Waals surface area contributed by atoms with Crippen molar-refractivity contribution in [2.45, 2.75) is 25.6 Å². The van der Waals surface area contributed by atoms with Gasteiger partial charge in [0.2, 0.25) is 5.91 Å². The maximum absolute atomic E-state index is 13.2. The molecule has 0 saturated carbocycles. The molecular formula is C21H23N3O4S. The Morgan fingerprint density at radius 2 is 1.97 bits per heavy atom. The second-order valence-electron chi connectivity index (χ2n) is 6.97. The van der Waals surface area contributed by atoms with E-state index < -0.39 is 9.84 Å². The first-order chi connectivity index (χ1) is 13.9. The Hall–Kier alpha value is -3.00. The summed E-state index contributed by atoms with van der Waals surface area (Å²) in [7, 11) is -3.13. The van der Waals surface area contributed by atoms with Crippen LogP contribution in [0.3, 0.4) is 0 Å². The van der Waals surface area contributed by atoms with Gasteiger partial charge in [-0.15, -0.1) is 0 Å². The predicted molar refractivity (Wildman–Crippen MR) is 110 cm³/mol. The van der Waals surface area contributed by atoms with E-state index in [0.717, 1.165) is 11.1 Å². The molecule has 0 spiro atoms. The Kier molecular flexibility index (Phi) is 6.43. The van der Waals surface area contributed by atoms with Gasteiger partial charge in [0.25, 0.3) is 5.91 Å². The molecule has 29 heavy (non-hydrogen) atoms. The van der Waals surface area contributed by atoms with Gasteiger partial charge in [0, 0.05) is 37.1 Å². The van der Waals surface area contributed by atoms with E-state index in [4.69, 9.17) is 0 Å². The molecule has 3 rings (SSSR count). The van der Waals surface area contributed by atoms with Crippen molar-refractivity contribution < 1.29 is 18.0 Å². The van der Waals surface area contributed by atoms with Gasteiger partial charge in [-0.05, 0) is 41.8 Å². The number of sulfone groups is 1. The van der Waals surface area contributed by atoms with Crippen LogP contribution in [0, 0.1) is 0 Å². The van der Waals surface area contributed by atoms with Gasteiger partial charge >= 0.3 is 0 Å². The fraction of sp³-hybridized carbons (Fsp3) is 0.286. The monoisotopic (exact) mass is 413 g/mol. The molecule has 1 unspecified atom stereocenters. The number of aromatic nitrogens is 1. The molecule has 7 nitrogen and oxygen atoms in total. The molecule has 1 aliphatic rings. The van der Waals surface area contributed by atoms with E-state index in [1.54, 1.807) is 47.6 Å². The lowest BCUT2D eigenvalue weighted by Crippen LogP contribution is -2.40. The van der Waals surface area contributed by atoms with Crippen LogP contribution in [0.1, 0.15) is 27.9 Å². The van der Waals surface area contributed by atoms with Crippen molar-refractivity contribution in [1.29, 1.82) is 0 Å². The van der Waals surface area contributed by atoms with Gasteiger partial charge in [-0.2, -0.15) is 0 Å². The van der Waals surface area contributed by atoms with Crippen molar-refractivity contribution in [3.8, 4) is 0 Å². The maximum Gasteiger partial charge on any atom is 0.254 e. The molecule has 2 aromatic rings. The molecule has 0 bridgehead atoms. The van der Waals surface area contributed by atoms with E-state index in [0.29, 0.717) is 25.1 Å². The summed E-state index contributed by atoms with van der Waals surface area (Å²) in [4.78, 5) is 30.2. The zero-order valence-corrected chi connectivity index (χ0v) is 16.8. The molecule has 1 aromatic carbocycles. The molecule has 0 aliphatic carbocycles. The summed E-state index contributed by atoms with van der Waals surface area (Å²) in [6.07, 6.45) is 4.96. The number of carbonyl (C=O) groups excluding carboxylic acids is 2. The van der Waals surface area contributed by atoms with Crippen LogP contribution in [0.5, 0.6) is 0 Å². The number of nitrogens with zero attached hydrogens (tertiary/aromatic N) is 2. The number of benzene rings is 1. The van der Waals surface area contributed by atoms with Gasteiger partial charge < -0.3 is 10.2 Å². The summed E-state index contributed by atoms with van der Waals surface area (Å²) >= 11 is 0. The smallest absolute Gasteiger partial charge is 0.254 e. The molecule has 1 aliphatic heterocycles. The predicted octanol–water partition coefficient (Wildman–Crippen LogP) is 1.71. The number of amides is 2. The fourth-order valence-electron chi connectivity index (χ4n) is 3.27. The average molecular weight is 413 g/mol. The number of carbonyl (C=O) groups is 2. The first-order valence-corrected chi connectivity index (χ1v) is 11.1. The van der Waals surface area contributed by atoms with Crippen LogP contribution in [0.15, 0.2) is 61.4 Å². The lowest BCUT2D eigenvalue weighted by Gasteiger charge is -2.28. The summed E-state index contributed by atoms with van der Waals surface area (Å²) in [6, 6.07) is 10.2. The van der Waals surface area contributed by atoms with E-state index in [2.05, 4.69) is 16.9 Å². The highest BCUT2D eigenvalue weighted by molar-refractivity contribution is 7.91. The second-order valence-corrected chi connectivity index (χ2v) is 9.20. The van der Waals surface area contributed by atoms with Gasteiger partial charge in [-0.3, -0.25) is 14.6 Å². The number of hydrogen-bond acceptors (Lipinski definition) is 5. The minimum Gasteiger partial charge on any atom is -0.348 e. The Morgan fingerprint density at radius 1 is 1.21 bits per heavy atom. The molecule has 1 aromatic heterocycles. The molecule has 1 saturated heterocycles. The lowest BCUT2D eigenvalue weighted by atomic mass is 10.1. The first kappa shape index (κ1) is 20.7. The second kappa shape index (κ2) is 9.00. The summed E-state index contributed by atoms with van der Waals surface area (Å²) in [5.74, 6) is -0.422. The molecule has 152 valence electrons. The van der Waals surface area contributed by atoms with E-state index in [1.165, 1.54) is 6.08 Å². The Bertz CT molecular complexity index is 988. The Balaban J connectivity index is 1.78. The minimum absolute atomic E-state index is 0.0231. The van der Waals surface area contributed by atoms with Crippen LogP contribution in [0.2, 0.25) is 0 Å². The number of pyridine rings is 1. The number of nitrogens with one attached hydrogen (secondary N) is 1. The van der Waals surface area contributed by atoms with Crippen molar-refractivity contribution in [3.05, 3.63) is 78.1 Å². The highest BCUT2D eigenvalue weighted by Gasteiger charge is 2.35. The van der Waals surface area contributed by atoms with Crippen molar-refractivity contribution in [2.75, 3.05) is 11.5 Å². The zero-order valence-electron chi connectivity index (χ0n) is 16.0. The van der Waals surface area contributed by atoms with Gasteiger partial charge in [-0.1, -0.05) is 24.8 Å². The van der Waals surface area contributed by atoms with Crippen LogP contribution < -0.4 is 5.32 Å². The fourth-order valence-corrected chi connectivity index (χ4v) is 5.00. The molecule has 2 heterocycles. The average Bonchev–Trinajstić information content (AvgIpc) is 3.10. The summed E-state index contributed by atoms with van der Waals surface area (Å²) < 4.78 is 23.9. The van der Waals surface area contributed by atoms with E-state index >= 15 is 0 Å². The largest absolute Gasteiger partial charge is 0.348 e. The molecule has 1 N–H and O–H groups in total. The topological polar surface area (TPSA) is 96.4 Å². The van der Waals surface area contributed by atoms with Crippen molar-refractivity contribution in [2.24, 2.45) is 0 Å². The number of hydrogen-bond donors (Lipinski definition) is 1. The van der Waals surface area contributed by atoms with E-state index in [1.807, 2.05) is 6.07 Å². The molecule has 8 heteroatoms. The van der Waals surface area contributed by atoms with Crippen molar-refractivity contribution in [3.63, 3.8) is 0 Å². The summed E-state index contributed by atoms with van der Waals surface area (Å²) in [6.45, 7) is 4.03. The van der Waals surface area contributed by atoms with Crippen LogP contribution in [-0.4, -0.2) is 47.7 Å². The maximum atomic E-state index is 13.2. The SMILES string of the molecule is C=CC(=O)NCc1ccc(C(=O)N(Cc2cccnc2)C2CCS(=O)(=O)C2)cc1. The zero-order chi connectivity index (χ0) is 20.9. The highest BCUT2D eigenvalue weighted by Crippen LogP contribution is 2.22. The first-order valence-electron chi connectivity index (χ1n) is 9.27. The van der Waals surface area contributed by atoms with Gasteiger partial charge in [0.15, 0.2) is 9.84 Å². The lowest BCUT2D eigenvalue weighted by molar-refractivity contribution is -0.116. The molecule has 2 amide bonds. The molecule has 1 fully saturated rings. The highest BCUT2D eigenvalue weighted by atomic mass is 32.2. The Labute approximate surface area is 170 Å². The summed E-state index contributed by atoms with van der Waals surface area (Å²) in [5.41, 5.74) is 2.16. The van der Waals surface area contributed by atoms with Crippen LogP contribution in [-0.2, 0) is 27.7 Å². The molecule has 1 atom stereocenters. The third kappa shape index (κ3) is 5.51. The van der Waals surface area contributed by atoms with Crippen LogP contribution in [0.25, 0.3) is 0 Å². The van der Waals surface area contributed by atoms with Crippen LogP contribution >= 0.6 is 0 Å². The van der Waals surface area contributed by atoms with Gasteiger partial charge in [0.1, 0.15) is 0 Å². The molecular weight excluding hydrogens is 390 g/mol. The minimum atomic E-state index is -3.13. The van der Waals surface area contributed by atoms with E-state index in [-0.39, 0.29) is 29.4 Å². The van der Waals surface area contributed by atoms with Crippen LogP contribution in [0.4, 0.5) is 0 Å². The third-order valence-corrected chi connectivity index (χ3v) is 6.59. The van der Waals surface area contributed by atoms with Gasteiger partial charge in [0.05, 0.1) is 11.5 Å². The third-order valence-electron chi connectivity index (χ3n) is 4.84. The van der Waals surface area contributed by atoms with E-state index in [9.17, 15) is 18.0 Å². The van der Waals surface area contributed by atoms with Gasteiger partial charge in [-0.25, -0.2) is 8.42 Å². The van der Waals surface area contributed by atoms with Crippen molar-refractivity contribution >= 4 is 21.7 Å². The quantitative estimate of drug-likeness (QED) is 0.697. The van der Waals surface area contributed by atoms with Crippen molar-refractivity contribution in [1.82, 2.24) is 15.2 Å². The Morgan fingerprint density at radius 3 is 2.55 bits per heavy atom.